The van der Waals surface area contributed by atoms with E-state index in [9.17, 15) is 19.3 Å². The van der Waals surface area contributed by atoms with E-state index < -0.39 is 16.6 Å². The molecular weight excluding hydrogens is 411 g/mol. The first-order valence-electron chi connectivity index (χ1n) is 5.59. The molecule has 0 heterocycles. The number of amides is 1. The maximum Gasteiger partial charge on any atom is 0.284 e. The fourth-order valence-electron chi connectivity index (χ4n) is 1.62. The highest BCUT2D eigenvalue weighted by Gasteiger charge is 2.20. The van der Waals surface area contributed by atoms with Gasteiger partial charge in [-0.3, -0.25) is 14.9 Å². The van der Waals surface area contributed by atoms with E-state index in [1.54, 1.807) is 0 Å². The summed E-state index contributed by atoms with van der Waals surface area (Å²) in [5, 5.41) is 13.4. The van der Waals surface area contributed by atoms with Crippen LogP contribution in [0.25, 0.3) is 0 Å². The van der Waals surface area contributed by atoms with Crippen molar-refractivity contribution in [1.29, 1.82) is 0 Å². The van der Waals surface area contributed by atoms with Crippen molar-refractivity contribution in [2.45, 2.75) is 0 Å². The van der Waals surface area contributed by atoms with Crippen LogP contribution in [0.1, 0.15) is 10.4 Å². The molecule has 0 aliphatic carbocycles. The Kier molecular flexibility index (Phi) is 4.69. The molecule has 0 radical (unpaired) electrons. The minimum absolute atomic E-state index is 0.0886. The highest BCUT2D eigenvalue weighted by molar-refractivity contribution is 9.11. The van der Waals surface area contributed by atoms with Crippen LogP contribution in [0, 0.1) is 15.9 Å². The Bertz CT molecular complexity index is 737. The molecule has 0 bridgehead atoms. The molecule has 0 saturated heterocycles. The molecule has 0 fully saturated rings. The summed E-state index contributed by atoms with van der Waals surface area (Å²) in [6.45, 7) is 0. The van der Waals surface area contributed by atoms with Gasteiger partial charge in [-0.1, -0.05) is 6.07 Å². The van der Waals surface area contributed by atoms with Gasteiger partial charge in [0.05, 0.1) is 16.2 Å². The van der Waals surface area contributed by atoms with Crippen LogP contribution in [-0.2, 0) is 0 Å². The number of hydrogen-bond acceptors (Lipinski definition) is 3. The van der Waals surface area contributed by atoms with Gasteiger partial charge in [-0.05, 0) is 56.1 Å². The smallest absolute Gasteiger partial charge is 0.284 e. The van der Waals surface area contributed by atoms with Crippen LogP contribution in [0.4, 0.5) is 15.8 Å². The van der Waals surface area contributed by atoms with E-state index in [1.807, 2.05) is 0 Å². The maximum absolute atomic E-state index is 13.0. The van der Waals surface area contributed by atoms with E-state index in [0.717, 1.165) is 0 Å². The Morgan fingerprint density at radius 2 is 1.95 bits per heavy atom. The van der Waals surface area contributed by atoms with E-state index in [2.05, 4.69) is 37.2 Å². The van der Waals surface area contributed by atoms with Crippen LogP contribution < -0.4 is 5.32 Å². The van der Waals surface area contributed by atoms with Gasteiger partial charge in [-0.15, -0.1) is 0 Å². The average Bonchev–Trinajstić information content (AvgIpc) is 2.41. The molecule has 21 heavy (non-hydrogen) atoms. The zero-order chi connectivity index (χ0) is 15.6. The lowest BCUT2D eigenvalue weighted by Gasteiger charge is -2.09. The molecule has 0 spiro atoms. The number of anilines is 1. The number of rotatable bonds is 3. The van der Waals surface area contributed by atoms with Gasteiger partial charge in [-0.2, -0.15) is 0 Å². The summed E-state index contributed by atoms with van der Waals surface area (Å²) in [6.07, 6.45) is 0. The Morgan fingerprint density at radius 1 is 1.24 bits per heavy atom. The molecule has 1 amide bonds. The third kappa shape index (κ3) is 3.45. The molecule has 2 rings (SSSR count). The fraction of sp³-hybridized carbons (Fsp3) is 0. The monoisotopic (exact) mass is 416 g/mol. The van der Waals surface area contributed by atoms with Crippen molar-refractivity contribution in [1.82, 2.24) is 0 Å². The van der Waals surface area contributed by atoms with Crippen LogP contribution in [0.15, 0.2) is 45.3 Å². The first-order valence-corrected chi connectivity index (χ1v) is 7.18. The molecule has 0 aliphatic heterocycles. The van der Waals surface area contributed by atoms with E-state index in [0.29, 0.717) is 10.2 Å². The number of halogens is 3. The van der Waals surface area contributed by atoms with E-state index in [-0.39, 0.29) is 15.7 Å². The average molecular weight is 418 g/mol. The van der Waals surface area contributed by atoms with E-state index in [4.69, 9.17) is 0 Å². The largest absolute Gasteiger partial charge is 0.321 e. The van der Waals surface area contributed by atoms with Gasteiger partial charge >= 0.3 is 0 Å². The van der Waals surface area contributed by atoms with Gasteiger partial charge in [0.2, 0.25) is 0 Å². The van der Waals surface area contributed by atoms with Crippen LogP contribution in [0.3, 0.4) is 0 Å². The zero-order valence-electron chi connectivity index (χ0n) is 10.3. The molecule has 5 nitrogen and oxygen atoms in total. The highest BCUT2D eigenvalue weighted by atomic mass is 79.9. The summed E-state index contributed by atoms with van der Waals surface area (Å²) < 4.78 is 13.4. The second-order valence-electron chi connectivity index (χ2n) is 3.97. The number of nitrogens with one attached hydrogen (secondary N) is 1. The Morgan fingerprint density at radius 3 is 2.57 bits per heavy atom. The van der Waals surface area contributed by atoms with Crippen LogP contribution in [0.5, 0.6) is 0 Å². The number of carbonyl (C=O) groups excluding carboxylic acids is 1. The summed E-state index contributed by atoms with van der Waals surface area (Å²) in [4.78, 5) is 22.4. The van der Waals surface area contributed by atoms with Gasteiger partial charge in [0.25, 0.3) is 11.6 Å². The zero-order valence-corrected chi connectivity index (χ0v) is 13.4. The topological polar surface area (TPSA) is 72.2 Å². The van der Waals surface area contributed by atoms with E-state index in [1.165, 1.54) is 36.4 Å². The van der Waals surface area contributed by atoms with Crippen molar-refractivity contribution in [3.8, 4) is 0 Å². The molecular formula is C13H7Br2FN2O3. The van der Waals surface area contributed by atoms with Gasteiger partial charge < -0.3 is 5.32 Å². The lowest BCUT2D eigenvalue weighted by atomic mass is 10.2. The maximum atomic E-state index is 13.0. The highest BCUT2D eigenvalue weighted by Crippen LogP contribution is 2.30. The van der Waals surface area contributed by atoms with Crippen molar-refractivity contribution in [2.75, 3.05) is 5.32 Å². The standard InChI is InChI=1S/C13H7Br2FN2O3/c14-9-6-7(16)4-5-10(9)17-13(19)8-2-1-3-11(12(8)15)18(20)21/h1-6H,(H,17,19). The molecule has 0 aromatic heterocycles. The third-order valence-corrected chi connectivity index (χ3v) is 4.09. The quantitative estimate of drug-likeness (QED) is 0.589. The molecule has 0 atom stereocenters. The Balaban J connectivity index is 2.33. The Labute approximate surface area is 135 Å². The van der Waals surface area contributed by atoms with Gasteiger partial charge in [0.1, 0.15) is 10.3 Å². The number of carbonyl (C=O) groups is 1. The molecule has 2 aromatic carbocycles. The summed E-state index contributed by atoms with van der Waals surface area (Å²) in [7, 11) is 0. The van der Waals surface area contributed by atoms with Gasteiger partial charge in [0.15, 0.2) is 0 Å². The van der Waals surface area contributed by atoms with Crippen molar-refractivity contribution in [2.24, 2.45) is 0 Å². The molecule has 2 aromatic rings. The minimum Gasteiger partial charge on any atom is -0.321 e. The Hall–Kier alpha value is -1.80. The number of nitro benzene ring substituents is 1. The molecule has 8 heteroatoms. The summed E-state index contributed by atoms with van der Waals surface area (Å²) in [5.74, 6) is -0.991. The van der Waals surface area contributed by atoms with Gasteiger partial charge in [0, 0.05) is 10.5 Å². The van der Waals surface area contributed by atoms with Gasteiger partial charge in [-0.25, -0.2) is 4.39 Å². The van der Waals surface area contributed by atoms with E-state index >= 15 is 0 Å². The number of hydrogen-bond donors (Lipinski definition) is 1. The molecule has 1 N–H and O–H groups in total. The van der Waals surface area contributed by atoms with Crippen LogP contribution in [-0.4, -0.2) is 10.8 Å². The third-order valence-electron chi connectivity index (χ3n) is 2.60. The SMILES string of the molecule is O=C(Nc1ccc(F)cc1Br)c1cccc([N+](=O)[O-])c1Br. The van der Waals surface area contributed by atoms with Crippen molar-refractivity contribution < 1.29 is 14.1 Å². The second-order valence-corrected chi connectivity index (χ2v) is 5.62. The fourth-order valence-corrected chi connectivity index (χ4v) is 2.66. The summed E-state index contributed by atoms with van der Waals surface area (Å²) >= 11 is 6.18. The summed E-state index contributed by atoms with van der Waals surface area (Å²) in [5.41, 5.74) is 0.265. The molecule has 0 unspecified atom stereocenters. The minimum atomic E-state index is -0.589. The number of nitro groups is 1. The summed E-state index contributed by atoms with van der Waals surface area (Å²) in [6, 6.07) is 7.94. The predicted molar refractivity (Wildman–Crippen MR) is 82.8 cm³/mol. The first kappa shape index (κ1) is 15.6. The normalized spacial score (nSPS) is 10.2. The van der Waals surface area contributed by atoms with Crippen LogP contribution >= 0.6 is 31.9 Å². The van der Waals surface area contributed by atoms with Crippen molar-refractivity contribution in [3.63, 3.8) is 0 Å². The lowest BCUT2D eigenvalue weighted by molar-refractivity contribution is -0.385. The van der Waals surface area contributed by atoms with Crippen LogP contribution in [0.2, 0.25) is 0 Å². The number of nitrogens with zero attached hydrogens (tertiary/aromatic N) is 1. The van der Waals surface area contributed by atoms with Crippen molar-refractivity contribution in [3.05, 3.63) is 66.8 Å². The second kappa shape index (κ2) is 6.31. The molecule has 108 valence electrons. The molecule has 0 saturated carbocycles. The lowest BCUT2D eigenvalue weighted by Crippen LogP contribution is -2.13. The predicted octanol–water partition coefficient (Wildman–Crippen LogP) is 4.51. The van der Waals surface area contributed by atoms with Crippen molar-refractivity contribution >= 4 is 49.1 Å². The number of benzene rings is 2. The molecule has 0 aliphatic rings. The first-order chi connectivity index (χ1) is 9.90.